The maximum atomic E-state index is 13.8. The second-order valence-corrected chi connectivity index (χ2v) is 5.42. The summed E-state index contributed by atoms with van der Waals surface area (Å²) in [5.41, 5.74) is 6.74. The number of rotatable bonds is 4. The Morgan fingerprint density at radius 1 is 1.59 bits per heavy atom. The molecule has 1 aromatic rings. The number of ether oxygens (including phenoxy) is 1. The molecule has 0 amide bonds. The largest absolute Gasteiger partial charge is 0.377 e. The van der Waals surface area contributed by atoms with E-state index in [-0.39, 0.29) is 18.0 Å². The van der Waals surface area contributed by atoms with Gasteiger partial charge in [0.05, 0.1) is 6.10 Å². The van der Waals surface area contributed by atoms with Crippen LogP contribution in [0.4, 0.5) is 4.39 Å². The highest BCUT2D eigenvalue weighted by molar-refractivity contribution is 7.99. The molecule has 1 heterocycles. The van der Waals surface area contributed by atoms with Crippen LogP contribution in [-0.2, 0) is 4.74 Å². The molecule has 0 spiro atoms. The third-order valence-electron chi connectivity index (χ3n) is 2.93. The molecule has 0 radical (unpaired) electrons. The van der Waals surface area contributed by atoms with Crippen LogP contribution in [0.2, 0.25) is 0 Å². The molecule has 1 aromatic carbocycles. The molecule has 2 unspecified atom stereocenters. The fourth-order valence-corrected chi connectivity index (χ4v) is 3.23. The second kappa shape index (κ2) is 5.85. The van der Waals surface area contributed by atoms with Crippen LogP contribution in [0.5, 0.6) is 0 Å². The smallest absolute Gasteiger partial charge is 0.137 e. The van der Waals surface area contributed by atoms with Gasteiger partial charge in [-0.2, -0.15) is 0 Å². The van der Waals surface area contributed by atoms with Gasteiger partial charge in [0.1, 0.15) is 5.82 Å². The summed E-state index contributed by atoms with van der Waals surface area (Å²) >= 11 is 1.52. The lowest BCUT2D eigenvalue weighted by molar-refractivity contribution is 0.129. The van der Waals surface area contributed by atoms with Gasteiger partial charge in [-0.05, 0) is 31.4 Å². The molecule has 2 nitrogen and oxygen atoms in total. The normalized spacial score (nSPS) is 21.7. The van der Waals surface area contributed by atoms with Gasteiger partial charge in [-0.15, -0.1) is 11.8 Å². The van der Waals surface area contributed by atoms with Gasteiger partial charge in [0.15, 0.2) is 0 Å². The van der Waals surface area contributed by atoms with Gasteiger partial charge in [-0.3, -0.25) is 0 Å². The van der Waals surface area contributed by atoms with Crippen LogP contribution in [0.25, 0.3) is 0 Å². The Morgan fingerprint density at radius 2 is 2.41 bits per heavy atom. The maximum Gasteiger partial charge on any atom is 0.137 e. The average molecular weight is 255 g/mol. The van der Waals surface area contributed by atoms with Crippen LogP contribution in [0.3, 0.4) is 0 Å². The first-order chi connectivity index (χ1) is 8.18. The van der Waals surface area contributed by atoms with Crippen molar-refractivity contribution in [3.05, 3.63) is 29.6 Å². The number of hydrogen-bond acceptors (Lipinski definition) is 3. The minimum atomic E-state index is -0.178. The molecule has 2 rings (SSSR count). The van der Waals surface area contributed by atoms with Gasteiger partial charge in [-0.1, -0.05) is 12.1 Å². The van der Waals surface area contributed by atoms with Crippen molar-refractivity contribution in [1.82, 2.24) is 0 Å². The quantitative estimate of drug-likeness (QED) is 0.840. The number of hydrogen-bond donors (Lipinski definition) is 1. The molecule has 0 aliphatic carbocycles. The van der Waals surface area contributed by atoms with Crippen molar-refractivity contribution < 1.29 is 9.13 Å². The molecule has 0 bridgehead atoms. The van der Waals surface area contributed by atoms with Crippen molar-refractivity contribution in [2.75, 3.05) is 12.4 Å². The van der Waals surface area contributed by atoms with E-state index in [1.54, 1.807) is 6.07 Å². The molecule has 17 heavy (non-hydrogen) atoms. The van der Waals surface area contributed by atoms with Crippen LogP contribution in [0, 0.1) is 5.82 Å². The van der Waals surface area contributed by atoms with E-state index < -0.39 is 0 Å². The third-order valence-corrected chi connectivity index (χ3v) is 4.18. The predicted octanol–water partition coefficient (Wildman–Crippen LogP) is 3.12. The van der Waals surface area contributed by atoms with Gasteiger partial charge in [0.2, 0.25) is 0 Å². The maximum absolute atomic E-state index is 13.8. The number of benzene rings is 1. The van der Waals surface area contributed by atoms with E-state index in [0.717, 1.165) is 30.8 Å². The lowest BCUT2D eigenvalue weighted by atomic mass is 10.1. The highest BCUT2D eigenvalue weighted by Gasteiger charge is 2.18. The Hall–Kier alpha value is -0.580. The van der Waals surface area contributed by atoms with Crippen molar-refractivity contribution in [2.24, 2.45) is 5.73 Å². The molecular formula is C13H18FNOS. The van der Waals surface area contributed by atoms with E-state index in [2.05, 4.69) is 0 Å². The van der Waals surface area contributed by atoms with Crippen molar-refractivity contribution in [3.63, 3.8) is 0 Å². The van der Waals surface area contributed by atoms with Gasteiger partial charge in [-0.25, -0.2) is 4.39 Å². The molecular weight excluding hydrogens is 237 g/mol. The zero-order valence-electron chi connectivity index (χ0n) is 9.99. The minimum Gasteiger partial charge on any atom is -0.377 e. The van der Waals surface area contributed by atoms with Crippen molar-refractivity contribution in [2.45, 2.75) is 36.8 Å². The van der Waals surface area contributed by atoms with E-state index in [0.29, 0.717) is 4.90 Å². The Kier molecular flexibility index (Phi) is 4.42. The minimum absolute atomic E-state index is 0.141. The molecule has 1 aliphatic heterocycles. The first-order valence-corrected chi connectivity index (χ1v) is 6.95. The van der Waals surface area contributed by atoms with E-state index >= 15 is 0 Å². The summed E-state index contributed by atoms with van der Waals surface area (Å²) in [6.45, 7) is 2.72. The van der Waals surface area contributed by atoms with Crippen LogP contribution < -0.4 is 5.73 Å². The van der Waals surface area contributed by atoms with Gasteiger partial charge < -0.3 is 10.5 Å². The fourth-order valence-electron chi connectivity index (χ4n) is 1.99. The topological polar surface area (TPSA) is 35.2 Å². The van der Waals surface area contributed by atoms with Gasteiger partial charge in [0, 0.05) is 23.3 Å². The summed E-state index contributed by atoms with van der Waals surface area (Å²) in [4.78, 5) is 0.679. The highest BCUT2D eigenvalue weighted by atomic mass is 32.2. The lowest BCUT2D eigenvalue weighted by Gasteiger charge is -2.15. The molecule has 1 aliphatic rings. The van der Waals surface area contributed by atoms with Crippen molar-refractivity contribution in [3.8, 4) is 0 Å². The second-order valence-electron chi connectivity index (χ2n) is 4.39. The summed E-state index contributed by atoms with van der Waals surface area (Å²) in [6, 6.07) is 4.96. The zero-order valence-corrected chi connectivity index (χ0v) is 10.8. The first-order valence-electron chi connectivity index (χ1n) is 5.97. The third kappa shape index (κ3) is 3.21. The van der Waals surface area contributed by atoms with E-state index in [9.17, 15) is 4.39 Å². The van der Waals surface area contributed by atoms with Crippen LogP contribution in [-0.4, -0.2) is 18.5 Å². The first kappa shape index (κ1) is 12.9. The van der Waals surface area contributed by atoms with Crippen molar-refractivity contribution in [1.29, 1.82) is 0 Å². The SMILES string of the molecule is CC(N)c1cccc(F)c1SCC1CCCO1. The number of nitrogens with two attached hydrogens (primary N) is 1. The standard InChI is InChI=1S/C13H18FNOS/c1-9(15)11-5-2-6-12(14)13(11)17-8-10-4-3-7-16-10/h2,5-6,9-10H,3-4,7-8,15H2,1H3. The Labute approximate surface area is 106 Å². The molecule has 0 saturated carbocycles. The zero-order chi connectivity index (χ0) is 12.3. The molecule has 1 fully saturated rings. The Morgan fingerprint density at radius 3 is 3.06 bits per heavy atom. The predicted molar refractivity (Wildman–Crippen MR) is 68.7 cm³/mol. The summed E-state index contributed by atoms with van der Waals surface area (Å²) < 4.78 is 19.3. The lowest BCUT2D eigenvalue weighted by Crippen LogP contribution is -2.11. The monoisotopic (exact) mass is 255 g/mol. The Balaban J connectivity index is 2.07. The summed E-state index contributed by atoms with van der Waals surface area (Å²) in [5, 5.41) is 0. The van der Waals surface area contributed by atoms with Crippen LogP contribution in [0.1, 0.15) is 31.4 Å². The average Bonchev–Trinajstić information content (AvgIpc) is 2.80. The van der Waals surface area contributed by atoms with Crippen LogP contribution in [0.15, 0.2) is 23.1 Å². The van der Waals surface area contributed by atoms with E-state index in [1.807, 2.05) is 13.0 Å². The van der Waals surface area contributed by atoms with E-state index in [1.165, 1.54) is 17.8 Å². The number of thioether (sulfide) groups is 1. The molecule has 1 saturated heterocycles. The number of halogens is 1. The van der Waals surface area contributed by atoms with E-state index in [4.69, 9.17) is 10.5 Å². The molecule has 2 atom stereocenters. The highest BCUT2D eigenvalue weighted by Crippen LogP contribution is 2.31. The van der Waals surface area contributed by atoms with Gasteiger partial charge in [0.25, 0.3) is 0 Å². The summed E-state index contributed by atoms with van der Waals surface area (Å²) in [5.74, 6) is 0.628. The fraction of sp³-hybridized carbons (Fsp3) is 0.538. The van der Waals surface area contributed by atoms with Crippen LogP contribution >= 0.6 is 11.8 Å². The summed E-state index contributed by atoms with van der Waals surface area (Å²) in [6.07, 6.45) is 2.46. The van der Waals surface area contributed by atoms with Crippen molar-refractivity contribution >= 4 is 11.8 Å². The molecule has 4 heteroatoms. The summed E-state index contributed by atoms with van der Waals surface area (Å²) in [7, 11) is 0. The molecule has 2 N–H and O–H groups in total. The molecule has 94 valence electrons. The van der Waals surface area contributed by atoms with Gasteiger partial charge >= 0.3 is 0 Å². The molecule has 0 aromatic heterocycles. The Bertz CT molecular complexity index is 378.